The summed E-state index contributed by atoms with van der Waals surface area (Å²) in [4.78, 5) is 21.6. The summed E-state index contributed by atoms with van der Waals surface area (Å²) in [5.41, 5.74) is 5.63. The molecular weight excluding hydrogens is 324 g/mol. The minimum Gasteiger partial charge on any atom is -0.378 e. The summed E-state index contributed by atoms with van der Waals surface area (Å²) in [6.45, 7) is 7.24. The Hall–Kier alpha value is -2.16. The van der Waals surface area contributed by atoms with Crippen LogP contribution in [0.2, 0.25) is 0 Å². The molecule has 0 bridgehead atoms. The Balaban J connectivity index is 1.85. The number of nitrogen functional groups attached to an aromatic ring is 1. The Labute approximate surface area is 147 Å². The van der Waals surface area contributed by atoms with Crippen molar-refractivity contribution in [2.75, 3.05) is 42.2 Å². The van der Waals surface area contributed by atoms with Gasteiger partial charge in [-0.25, -0.2) is 0 Å². The van der Waals surface area contributed by atoms with Crippen LogP contribution in [0.25, 0.3) is 0 Å². The molecule has 3 atom stereocenters. The number of nitrogens with zero attached hydrogens (tertiary/aromatic N) is 4. The number of nitrogens with one attached hydrogen (secondary N) is 1. The van der Waals surface area contributed by atoms with E-state index in [0.29, 0.717) is 24.3 Å². The van der Waals surface area contributed by atoms with Crippen LogP contribution in [0.1, 0.15) is 33.1 Å². The number of nitro groups is 1. The first kappa shape index (κ1) is 17.7. The maximum absolute atomic E-state index is 11.4. The molecule has 0 amide bonds. The predicted molar refractivity (Wildman–Crippen MR) is 95.7 cm³/mol. The van der Waals surface area contributed by atoms with E-state index < -0.39 is 4.92 Å². The second-order valence-corrected chi connectivity index (χ2v) is 7.23. The molecule has 2 fully saturated rings. The van der Waals surface area contributed by atoms with Gasteiger partial charge in [0.25, 0.3) is 0 Å². The molecule has 0 radical (unpaired) electrons. The number of rotatable bonds is 5. The van der Waals surface area contributed by atoms with E-state index in [4.69, 9.17) is 10.5 Å². The topological polar surface area (TPSA) is 119 Å². The molecule has 0 spiro atoms. The van der Waals surface area contributed by atoms with E-state index in [1.54, 1.807) is 0 Å². The lowest BCUT2D eigenvalue weighted by Crippen LogP contribution is -2.40. The van der Waals surface area contributed by atoms with Crippen LogP contribution < -0.4 is 16.0 Å². The molecule has 2 aliphatic rings. The minimum atomic E-state index is -0.529. The molecule has 1 aromatic rings. The molecule has 25 heavy (non-hydrogen) atoms. The molecule has 2 saturated heterocycles. The third kappa shape index (κ3) is 4.09. The van der Waals surface area contributed by atoms with Gasteiger partial charge < -0.3 is 20.7 Å². The van der Waals surface area contributed by atoms with Gasteiger partial charge in [0.15, 0.2) is 0 Å². The smallest absolute Gasteiger partial charge is 0.353 e. The molecule has 9 nitrogen and oxygen atoms in total. The van der Waals surface area contributed by atoms with Crippen molar-refractivity contribution in [3.63, 3.8) is 0 Å². The number of ether oxygens (including phenoxy) is 1. The van der Waals surface area contributed by atoms with E-state index in [0.717, 1.165) is 39.0 Å². The third-order valence-corrected chi connectivity index (χ3v) is 4.75. The van der Waals surface area contributed by atoms with Gasteiger partial charge in [-0.05, 0) is 31.1 Å². The highest BCUT2D eigenvalue weighted by atomic mass is 16.6. The standard InChI is InChI=1S/C16H26N6O3/c1-10-6-11(2)9-21(8-10)16-19-14(17)13(22(23)24)15(20-16)18-7-12-4-3-5-25-12/h10-12H,3-9H2,1-2H3,(H3,17,18,19,20)/t10-,11-,12-/m0/s1. The molecule has 138 valence electrons. The SMILES string of the molecule is C[C@H]1C[C@H](C)CN(c2nc(N)c([N+](=O)[O-])c(NC[C@@H]3CCCO3)n2)C1. The molecule has 3 rings (SSSR count). The van der Waals surface area contributed by atoms with Crippen molar-refractivity contribution < 1.29 is 9.66 Å². The summed E-state index contributed by atoms with van der Waals surface area (Å²) in [5, 5.41) is 14.4. The maximum atomic E-state index is 11.4. The van der Waals surface area contributed by atoms with Crippen molar-refractivity contribution in [1.29, 1.82) is 0 Å². The Morgan fingerprint density at radius 3 is 2.68 bits per heavy atom. The van der Waals surface area contributed by atoms with Gasteiger partial charge >= 0.3 is 5.69 Å². The number of hydrogen-bond acceptors (Lipinski definition) is 8. The minimum absolute atomic E-state index is 0.0503. The number of hydrogen-bond donors (Lipinski definition) is 2. The lowest BCUT2D eigenvalue weighted by Gasteiger charge is -2.35. The van der Waals surface area contributed by atoms with Gasteiger partial charge in [0, 0.05) is 26.2 Å². The first-order chi connectivity index (χ1) is 11.9. The Bertz CT molecular complexity index is 625. The molecule has 0 unspecified atom stereocenters. The van der Waals surface area contributed by atoms with Crippen molar-refractivity contribution in [2.24, 2.45) is 11.8 Å². The summed E-state index contributed by atoms with van der Waals surface area (Å²) in [6, 6.07) is 0. The van der Waals surface area contributed by atoms with Gasteiger partial charge in [-0.15, -0.1) is 0 Å². The first-order valence-corrected chi connectivity index (χ1v) is 8.86. The zero-order chi connectivity index (χ0) is 18.0. The van der Waals surface area contributed by atoms with Crippen molar-refractivity contribution in [3.05, 3.63) is 10.1 Å². The highest BCUT2D eigenvalue weighted by Crippen LogP contribution is 2.32. The van der Waals surface area contributed by atoms with Crippen molar-refractivity contribution in [1.82, 2.24) is 9.97 Å². The normalized spacial score (nSPS) is 26.6. The zero-order valence-electron chi connectivity index (χ0n) is 14.8. The molecule has 0 saturated carbocycles. The van der Waals surface area contributed by atoms with E-state index in [2.05, 4.69) is 34.0 Å². The Kier molecular flexibility index (Phi) is 5.22. The lowest BCUT2D eigenvalue weighted by molar-refractivity contribution is -0.383. The van der Waals surface area contributed by atoms with Crippen LogP contribution >= 0.6 is 0 Å². The quantitative estimate of drug-likeness (QED) is 0.611. The van der Waals surface area contributed by atoms with Gasteiger partial charge in [0.1, 0.15) is 0 Å². The third-order valence-electron chi connectivity index (χ3n) is 4.75. The van der Waals surface area contributed by atoms with Crippen LogP contribution in [0.15, 0.2) is 0 Å². The van der Waals surface area contributed by atoms with Crippen LogP contribution in [-0.4, -0.2) is 47.2 Å². The van der Waals surface area contributed by atoms with Crippen molar-refractivity contribution in [2.45, 2.75) is 39.2 Å². The molecule has 1 aromatic heterocycles. The maximum Gasteiger partial charge on any atom is 0.353 e. The summed E-state index contributed by atoms with van der Waals surface area (Å²) >= 11 is 0. The monoisotopic (exact) mass is 350 g/mol. The molecule has 3 heterocycles. The van der Waals surface area contributed by atoms with Gasteiger partial charge in [-0.3, -0.25) is 10.1 Å². The fraction of sp³-hybridized carbons (Fsp3) is 0.750. The molecular formula is C16H26N6O3. The van der Waals surface area contributed by atoms with Crippen LogP contribution in [0.3, 0.4) is 0 Å². The highest BCUT2D eigenvalue weighted by Gasteiger charge is 2.29. The Morgan fingerprint density at radius 2 is 2.08 bits per heavy atom. The first-order valence-electron chi connectivity index (χ1n) is 8.86. The lowest BCUT2D eigenvalue weighted by atomic mass is 9.92. The van der Waals surface area contributed by atoms with Gasteiger partial charge in [0.05, 0.1) is 11.0 Å². The Morgan fingerprint density at radius 1 is 1.36 bits per heavy atom. The highest BCUT2D eigenvalue weighted by molar-refractivity contribution is 5.70. The summed E-state index contributed by atoms with van der Waals surface area (Å²) in [5.74, 6) is 1.57. The zero-order valence-corrected chi connectivity index (χ0v) is 14.8. The fourth-order valence-corrected chi connectivity index (χ4v) is 3.75. The fourth-order valence-electron chi connectivity index (χ4n) is 3.75. The van der Waals surface area contributed by atoms with E-state index in [9.17, 15) is 10.1 Å². The van der Waals surface area contributed by atoms with Crippen LogP contribution in [0, 0.1) is 22.0 Å². The number of aromatic nitrogens is 2. The van der Waals surface area contributed by atoms with Gasteiger partial charge in [-0.2, -0.15) is 9.97 Å². The van der Waals surface area contributed by atoms with Gasteiger partial charge in [-0.1, -0.05) is 13.8 Å². The molecule has 2 aliphatic heterocycles. The average molecular weight is 350 g/mol. The largest absolute Gasteiger partial charge is 0.378 e. The van der Waals surface area contributed by atoms with E-state index in [-0.39, 0.29) is 23.4 Å². The van der Waals surface area contributed by atoms with E-state index in [1.165, 1.54) is 0 Å². The second-order valence-electron chi connectivity index (χ2n) is 7.23. The number of anilines is 3. The molecule has 0 aliphatic carbocycles. The predicted octanol–water partition coefficient (Wildman–Crippen LogP) is 2.04. The number of piperidine rings is 1. The number of nitrogens with two attached hydrogens (primary N) is 1. The summed E-state index contributed by atoms with van der Waals surface area (Å²) in [6.07, 6.45) is 3.16. The summed E-state index contributed by atoms with van der Waals surface area (Å²) in [7, 11) is 0. The summed E-state index contributed by atoms with van der Waals surface area (Å²) < 4.78 is 5.56. The molecule has 0 aromatic carbocycles. The second kappa shape index (κ2) is 7.38. The molecule has 9 heteroatoms. The van der Waals surface area contributed by atoms with Crippen LogP contribution in [-0.2, 0) is 4.74 Å². The molecule has 3 N–H and O–H groups in total. The van der Waals surface area contributed by atoms with Crippen molar-refractivity contribution >= 4 is 23.3 Å². The van der Waals surface area contributed by atoms with Crippen LogP contribution in [0.5, 0.6) is 0 Å². The van der Waals surface area contributed by atoms with E-state index >= 15 is 0 Å². The van der Waals surface area contributed by atoms with Crippen LogP contribution in [0.4, 0.5) is 23.3 Å². The van der Waals surface area contributed by atoms with E-state index in [1.807, 2.05) is 0 Å². The van der Waals surface area contributed by atoms with Crippen molar-refractivity contribution in [3.8, 4) is 0 Å². The van der Waals surface area contributed by atoms with Gasteiger partial charge in [0.2, 0.25) is 17.6 Å². The average Bonchev–Trinajstić information content (AvgIpc) is 3.04.